The van der Waals surface area contributed by atoms with E-state index in [-0.39, 0.29) is 23.4 Å². The topological polar surface area (TPSA) is 37.4 Å². The zero-order valence-corrected chi connectivity index (χ0v) is 14.7. The summed E-state index contributed by atoms with van der Waals surface area (Å²) < 4.78 is 79.6. The molecule has 0 aliphatic carbocycles. The van der Waals surface area contributed by atoms with Crippen LogP contribution in [0.15, 0.2) is 53.4 Å². The van der Waals surface area contributed by atoms with Crippen LogP contribution in [0, 0.1) is 6.92 Å². The predicted octanol–water partition coefficient (Wildman–Crippen LogP) is 4.49. The monoisotopic (exact) mass is 387 g/mol. The standard InChI is InChI=1S/C18H17F4NO2S/c1-12-5-7-16(8-6-12)26(24,25)23-11-15(19)10-17(23)13-3-2-4-14(9-13)18(20,21)22/h2-9,15,17H,10-11H2,1H3. The fourth-order valence-corrected chi connectivity index (χ4v) is 4.74. The van der Waals surface area contributed by atoms with E-state index in [9.17, 15) is 26.0 Å². The second-order valence-corrected chi connectivity index (χ2v) is 8.25. The predicted molar refractivity (Wildman–Crippen MR) is 88.8 cm³/mol. The Kier molecular flexibility index (Phi) is 4.83. The Morgan fingerprint density at radius 2 is 1.73 bits per heavy atom. The van der Waals surface area contributed by atoms with Crippen LogP contribution in [0.5, 0.6) is 0 Å². The van der Waals surface area contributed by atoms with Crippen LogP contribution >= 0.6 is 0 Å². The largest absolute Gasteiger partial charge is 0.416 e. The molecule has 0 bridgehead atoms. The minimum absolute atomic E-state index is 0.00539. The van der Waals surface area contributed by atoms with Gasteiger partial charge in [0.1, 0.15) is 6.17 Å². The highest BCUT2D eigenvalue weighted by molar-refractivity contribution is 7.89. The lowest BCUT2D eigenvalue weighted by molar-refractivity contribution is -0.137. The number of benzene rings is 2. The lowest BCUT2D eigenvalue weighted by atomic mass is 10.0. The average molecular weight is 387 g/mol. The van der Waals surface area contributed by atoms with E-state index in [0.717, 1.165) is 22.0 Å². The summed E-state index contributed by atoms with van der Waals surface area (Å²) in [5.74, 6) is 0. The van der Waals surface area contributed by atoms with Crippen molar-refractivity contribution in [2.75, 3.05) is 6.54 Å². The lowest BCUT2D eigenvalue weighted by Crippen LogP contribution is -2.31. The van der Waals surface area contributed by atoms with Crippen LogP contribution in [0.1, 0.15) is 29.2 Å². The first-order valence-electron chi connectivity index (χ1n) is 7.99. The SMILES string of the molecule is Cc1ccc(S(=O)(=O)N2CC(F)CC2c2cccc(C(F)(F)F)c2)cc1. The molecule has 0 amide bonds. The van der Waals surface area contributed by atoms with Crippen LogP contribution in [-0.2, 0) is 16.2 Å². The molecule has 0 spiro atoms. The molecule has 0 radical (unpaired) electrons. The highest BCUT2D eigenvalue weighted by atomic mass is 32.2. The third-order valence-corrected chi connectivity index (χ3v) is 6.32. The normalized spacial score (nSPS) is 21.9. The molecule has 3 nitrogen and oxygen atoms in total. The highest BCUT2D eigenvalue weighted by Gasteiger charge is 2.42. The molecule has 1 fully saturated rings. The molecule has 1 saturated heterocycles. The molecule has 1 aliphatic rings. The van der Waals surface area contributed by atoms with Gasteiger partial charge in [0.15, 0.2) is 0 Å². The van der Waals surface area contributed by atoms with Gasteiger partial charge in [-0.25, -0.2) is 12.8 Å². The van der Waals surface area contributed by atoms with Crippen molar-refractivity contribution in [2.24, 2.45) is 0 Å². The number of halogens is 4. The summed E-state index contributed by atoms with van der Waals surface area (Å²) in [4.78, 5) is -0.00539. The number of hydrogen-bond donors (Lipinski definition) is 0. The fourth-order valence-electron chi connectivity index (χ4n) is 3.09. The molecule has 0 N–H and O–H groups in total. The molecule has 1 aliphatic heterocycles. The number of sulfonamides is 1. The Morgan fingerprint density at radius 1 is 1.08 bits per heavy atom. The zero-order chi connectivity index (χ0) is 19.1. The van der Waals surface area contributed by atoms with Gasteiger partial charge in [-0.15, -0.1) is 0 Å². The minimum Gasteiger partial charge on any atom is -0.246 e. The van der Waals surface area contributed by atoms with Crippen molar-refractivity contribution in [1.29, 1.82) is 0 Å². The van der Waals surface area contributed by atoms with Crippen LogP contribution in [0.25, 0.3) is 0 Å². The van der Waals surface area contributed by atoms with Crippen LogP contribution in [-0.4, -0.2) is 25.4 Å². The molecule has 8 heteroatoms. The van der Waals surface area contributed by atoms with E-state index >= 15 is 0 Å². The van der Waals surface area contributed by atoms with Gasteiger partial charge in [0.25, 0.3) is 0 Å². The fraction of sp³-hybridized carbons (Fsp3) is 0.333. The van der Waals surface area contributed by atoms with Crippen LogP contribution in [0.3, 0.4) is 0 Å². The molecule has 2 aromatic carbocycles. The maximum Gasteiger partial charge on any atom is 0.416 e. The van der Waals surface area contributed by atoms with Crippen molar-refractivity contribution in [2.45, 2.75) is 36.6 Å². The van der Waals surface area contributed by atoms with Crippen molar-refractivity contribution >= 4 is 10.0 Å². The molecule has 3 rings (SSSR count). The minimum atomic E-state index is -4.55. The first kappa shape index (κ1) is 18.8. The summed E-state index contributed by atoms with van der Waals surface area (Å²) in [6, 6.07) is 9.50. The number of rotatable bonds is 3. The van der Waals surface area contributed by atoms with Gasteiger partial charge >= 0.3 is 6.18 Å². The zero-order valence-electron chi connectivity index (χ0n) is 13.9. The quantitative estimate of drug-likeness (QED) is 0.728. The van der Waals surface area contributed by atoms with Crippen molar-refractivity contribution < 1.29 is 26.0 Å². The third kappa shape index (κ3) is 3.61. The molecule has 1 heterocycles. The Morgan fingerprint density at radius 3 is 2.35 bits per heavy atom. The van der Waals surface area contributed by atoms with Crippen molar-refractivity contribution in [3.8, 4) is 0 Å². The second-order valence-electron chi connectivity index (χ2n) is 6.36. The van der Waals surface area contributed by atoms with Crippen LogP contribution in [0.2, 0.25) is 0 Å². The van der Waals surface area contributed by atoms with E-state index in [1.165, 1.54) is 24.3 Å². The van der Waals surface area contributed by atoms with Gasteiger partial charge in [0, 0.05) is 13.0 Å². The first-order chi connectivity index (χ1) is 12.1. The maximum absolute atomic E-state index is 14.0. The molecular weight excluding hydrogens is 370 g/mol. The van der Waals surface area contributed by atoms with E-state index in [2.05, 4.69) is 0 Å². The summed E-state index contributed by atoms with van der Waals surface area (Å²) in [5, 5.41) is 0. The van der Waals surface area contributed by atoms with Gasteiger partial charge in [0.05, 0.1) is 16.5 Å². The lowest BCUT2D eigenvalue weighted by Gasteiger charge is -2.24. The van der Waals surface area contributed by atoms with Crippen LogP contribution in [0.4, 0.5) is 17.6 Å². The maximum atomic E-state index is 14.0. The van der Waals surface area contributed by atoms with Gasteiger partial charge in [-0.1, -0.05) is 29.8 Å². The van der Waals surface area contributed by atoms with Gasteiger partial charge in [-0.3, -0.25) is 0 Å². The molecule has 140 valence electrons. The summed E-state index contributed by atoms with van der Waals surface area (Å²) >= 11 is 0. The van der Waals surface area contributed by atoms with E-state index < -0.39 is 34.0 Å². The van der Waals surface area contributed by atoms with Crippen molar-refractivity contribution in [3.05, 3.63) is 65.2 Å². The molecule has 2 atom stereocenters. The first-order valence-corrected chi connectivity index (χ1v) is 9.43. The summed E-state index contributed by atoms with van der Waals surface area (Å²) in [5.41, 5.74) is 0.115. The summed E-state index contributed by atoms with van der Waals surface area (Å²) in [6.07, 6.45) is -6.16. The van der Waals surface area contributed by atoms with Gasteiger partial charge in [-0.05, 0) is 36.8 Å². The van der Waals surface area contributed by atoms with E-state index in [1.54, 1.807) is 19.1 Å². The molecule has 0 aromatic heterocycles. The van der Waals surface area contributed by atoms with E-state index in [1.807, 2.05) is 0 Å². The van der Waals surface area contributed by atoms with Gasteiger partial charge < -0.3 is 0 Å². The van der Waals surface area contributed by atoms with Crippen molar-refractivity contribution in [3.63, 3.8) is 0 Å². The van der Waals surface area contributed by atoms with E-state index in [4.69, 9.17) is 0 Å². The smallest absolute Gasteiger partial charge is 0.246 e. The number of alkyl halides is 4. The molecule has 2 aromatic rings. The van der Waals surface area contributed by atoms with E-state index in [0.29, 0.717) is 0 Å². The van der Waals surface area contributed by atoms with Crippen molar-refractivity contribution in [1.82, 2.24) is 4.31 Å². The highest BCUT2D eigenvalue weighted by Crippen LogP contribution is 2.39. The molecule has 26 heavy (non-hydrogen) atoms. The summed E-state index contributed by atoms with van der Waals surface area (Å²) in [6.45, 7) is 1.42. The third-order valence-electron chi connectivity index (χ3n) is 4.43. The average Bonchev–Trinajstić information content (AvgIpc) is 2.97. The number of hydrogen-bond acceptors (Lipinski definition) is 2. The second kappa shape index (κ2) is 6.66. The number of nitrogens with zero attached hydrogens (tertiary/aromatic N) is 1. The molecule has 2 unspecified atom stereocenters. The molecular formula is C18H17F4NO2S. The Bertz CT molecular complexity index is 894. The Balaban J connectivity index is 2.01. The Labute approximate surface area is 149 Å². The van der Waals surface area contributed by atoms with Crippen LogP contribution < -0.4 is 0 Å². The molecule has 0 saturated carbocycles. The number of aryl methyl sites for hydroxylation is 1. The van der Waals surface area contributed by atoms with Gasteiger partial charge in [-0.2, -0.15) is 17.5 Å². The van der Waals surface area contributed by atoms with Gasteiger partial charge in [0.2, 0.25) is 10.0 Å². The Hall–Kier alpha value is -1.93. The summed E-state index contributed by atoms with van der Waals surface area (Å²) in [7, 11) is -4.02.